The Labute approximate surface area is 124 Å². The SMILES string of the molecule is CC(C)CCCOC(=O)c1ccn(-c2cccc(N)c2)n1. The third kappa shape index (κ3) is 4.34. The van der Waals surface area contributed by atoms with Gasteiger partial charge in [-0.15, -0.1) is 0 Å². The highest BCUT2D eigenvalue weighted by Gasteiger charge is 2.11. The Hall–Kier alpha value is -2.30. The van der Waals surface area contributed by atoms with Crippen LogP contribution in [0.1, 0.15) is 37.2 Å². The van der Waals surface area contributed by atoms with Crippen LogP contribution in [0.4, 0.5) is 5.69 Å². The number of benzene rings is 1. The minimum absolute atomic E-state index is 0.307. The second-order valence-corrected chi connectivity index (χ2v) is 5.41. The van der Waals surface area contributed by atoms with Gasteiger partial charge in [0.15, 0.2) is 5.69 Å². The van der Waals surface area contributed by atoms with E-state index in [1.807, 2.05) is 12.1 Å². The van der Waals surface area contributed by atoms with E-state index in [4.69, 9.17) is 10.5 Å². The second-order valence-electron chi connectivity index (χ2n) is 5.41. The Bertz CT molecular complexity index is 605. The van der Waals surface area contributed by atoms with E-state index in [2.05, 4.69) is 18.9 Å². The molecule has 5 nitrogen and oxygen atoms in total. The first kappa shape index (κ1) is 15.1. The first-order chi connectivity index (χ1) is 10.1. The first-order valence-electron chi connectivity index (χ1n) is 7.15. The monoisotopic (exact) mass is 287 g/mol. The van der Waals surface area contributed by atoms with Gasteiger partial charge in [0.25, 0.3) is 0 Å². The number of aromatic nitrogens is 2. The van der Waals surface area contributed by atoms with E-state index in [1.54, 1.807) is 29.1 Å². The molecule has 0 atom stereocenters. The minimum atomic E-state index is -0.388. The molecule has 2 rings (SSSR count). The summed E-state index contributed by atoms with van der Waals surface area (Å²) in [6.45, 7) is 4.73. The third-order valence-electron chi connectivity index (χ3n) is 3.09. The molecular formula is C16H21N3O2. The van der Waals surface area contributed by atoms with Crippen LogP contribution in [0.2, 0.25) is 0 Å². The Kier molecular flexibility index (Phi) is 4.98. The van der Waals surface area contributed by atoms with E-state index in [0.717, 1.165) is 18.5 Å². The van der Waals surface area contributed by atoms with Crippen LogP contribution in [0.25, 0.3) is 5.69 Å². The predicted octanol–water partition coefficient (Wildman–Crippen LogP) is 3.05. The van der Waals surface area contributed by atoms with Crippen LogP contribution < -0.4 is 5.73 Å². The van der Waals surface area contributed by atoms with Crippen LogP contribution in [0.5, 0.6) is 0 Å². The van der Waals surface area contributed by atoms with Gasteiger partial charge in [-0.1, -0.05) is 19.9 Å². The molecule has 1 aromatic heterocycles. The van der Waals surface area contributed by atoms with Gasteiger partial charge in [0.05, 0.1) is 12.3 Å². The number of esters is 1. The number of ether oxygens (including phenoxy) is 1. The fourth-order valence-corrected chi connectivity index (χ4v) is 1.97. The molecule has 112 valence electrons. The Balaban J connectivity index is 1.95. The average molecular weight is 287 g/mol. The fraction of sp³-hybridized carbons (Fsp3) is 0.375. The molecule has 0 fully saturated rings. The van der Waals surface area contributed by atoms with Crippen molar-refractivity contribution in [1.82, 2.24) is 9.78 Å². The van der Waals surface area contributed by atoms with Crippen LogP contribution >= 0.6 is 0 Å². The van der Waals surface area contributed by atoms with Gasteiger partial charge in [-0.25, -0.2) is 9.48 Å². The van der Waals surface area contributed by atoms with Crippen LogP contribution in [-0.2, 0) is 4.74 Å². The molecule has 0 amide bonds. The van der Waals surface area contributed by atoms with E-state index in [1.165, 1.54) is 0 Å². The van der Waals surface area contributed by atoms with Gasteiger partial charge in [0.1, 0.15) is 0 Å². The number of hydrogen-bond acceptors (Lipinski definition) is 4. The molecule has 0 bridgehead atoms. The molecule has 0 radical (unpaired) electrons. The lowest BCUT2D eigenvalue weighted by atomic mass is 10.1. The number of hydrogen-bond donors (Lipinski definition) is 1. The van der Waals surface area contributed by atoms with Crippen LogP contribution in [0.15, 0.2) is 36.5 Å². The Morgan fingerprint density at radius 1 is 1.38 bits per heavy atom. The highest BCUT2D eigenvalue weighted by molar-refractivity contribution is 5.87. The van der Waals surface area contributed by atoms with Crippen molar-refractivity contribution in [3.05, 3.63) is 42.2 Å². The molecule has 2 N–H and O–H groups in total. The summed E-state index contributed by atoms with van der Waals surface area (Å²) in [7, 11) is 0. The zero-order valence-corrected chi connectivity index (χ0v) is 12.5. The highest BCUT2D eigenvalue weighted by atomic mass is 16.5. The normalized spacial score (nSPS) is 10.8. The van der Waals surface area contributed by atoms with Crippen molar-refractivity contribution in [2.75, 3.05) is 12.3 Å². The quantitative estimate of drug-likeness (QED) is 0.503. The van der Waals surface area contributed by atoms with Gasteiger partial charge < -0.3 is 10.5 Å². The number of nitrogen functional groups attached to an aromatic ring is 1. The van der Waals surface area contributed by atoms with E-state index in [0.29, 0.717) is 23.9 Å². The lowest BCUT2D eigenvalue weighted by molar-refractivity contribution is 0.0487. The Morgan fingerprint density at radius 2 is 2.19 bits per heavy atom. The lowest BCUT2D eigenvalue weighted by Gasteiger charge is -2.05. The molecule has 0 saturated carbocycles. The third-order valence-corrected chi connectivity index (χ3v) is 3.09. The summed E-state index contributed by atoms with van der Waals surface area (Å²) in [4.78, 5) is 11.9. The predicted molar refractivity (Wildman–Crippen MR) is 82.3 cm³/mol. The number of nitrogens with two attached hydrogens (primary N) is 1. The van der Waals surface area contributed by atoms with Gasteiger partial charge in [0, 0.05) is 11.9 Å². The van der Waals surface area contributed by atoms with Crippen LogP contribution in [0.3, 0.4) is 0 Å². The maximum absolute atomic E-state index is 11.9. The van der Waals surface area contributed by atoms with Crippen molar-refractivity contribution in [2.45, 2.75) is 26.7 Å². The second kappa shape index (κ2) is 6.92. The number of nitrogens with zero attached hydrogens (tertiary/aromatic N) is 2. The van der Waals surface area contributed by atoms with Crippen molar-refractivity contribution in [2.24, 2.45) is 5.92 Å². The number of rotatable bonds is 6. The molecule has 0 aliphatic carbocycles. The van der Waals surface area contributed by atoms with E-state index < -0.39 is 0 Å². The van der Waals surface area contributed by atoms with Crippen molar-refractivity contribution in [1.29, 1.82) is 0 Å². The molecule has 0 aliphatic rings. The van der Waals surface area contributed by atoms with Gasteiger partial charge in [-0.2, -0.15) is 5.10 Å². The van der Waals surface area contributed by atoms with E-state index in [9.17, 15) is 4.79 Å². The number of carbonyl (C=O) groups is 1. The van der Waals surface area contributed by atoms with Crippen molar-refractivity contribution in [3.63, 3.8) is 0 Å². The molecular weight excluding hydrogens is 266 g/mol. The van der Waals surface area contributed by atoms with Gasteiger partial charge in [-0.3, -0.25) is 0 Å². The van der Waals surface area contributed by atoms with Gasteiger partial charge in [0.2, 0.25) is 0 Å². The summed E-state index contributed by atoms with van der Waals surface area (Å²) in [6, 6.07) is 8.97. The van der Waals surface area contributed by atoms with Crippen molar-refractivity contribution < 1.29 is 9.53 Å². The fourth-order valence-electron chi connectivity index (χ4n) is 1.97. The average Bonchev–Trinajstić information content (AvgIpc) is 2.93. The van der Waals surface area contributed by atoms with Gasteiger partial charge in [-0.05, 0) is 43.0 Å². The molecule has 1 heterocycles. The van der Waals surface area contributed by atoms with Crippen molar-refractivity contribution in [3.8, 4) is 5.69 Å². The molecule has 0 spiro atoms. The van der Waals surface area contributed by atoms with E-state index >= 15 is 0 Å². The summed E-state index contributed by atoms with van der Waals surface area (Å²) < 4.78 is 6.82. The summed E-state index contributed by atoms with van der Waals surface area (Å²) in [5.41, 5.74) is 7.51. The smallest absolute Gasteiger partial charge is 0.358 e. The molecule has 0 unspecified atom stereocenters. The standard InChI is InChI=1S/C16H21N3O2/c1-12(2)5-4-10-21-16(20)15-8-9-19(18-15)14-7-3-6-13(17)11-14/h3,6-9,11-12H,4-5,10,17H2,1-2H3. The van der Waals surface area contributed by atoms with Crippen molar-refractivity contribution >= 4 is 11.7 Å². The van der Waals surface area contributed by atoms with Gasteiger partial charge >= 0.3 is 5.97 Å². The molecule has 1 aromatic carbocycles. The first-order valence-corrected chi connectivity index (χ1v) is 7.15. The maximum Gasteiger partial charge on any atom is 0.358 e. The minimum Gasteiger partial charge on any atom is -0.461 e. The molecule has 2 aromatic rings. The zero-order valence-electron chi connectivity index (χ0n) is 12.5. The molecule has 0 saturated heterocycles. The maximum atomic E-state index is 11.9. The number of anilines is 1. The largest absolute Gasteiger partial charge is 0.461 e. The summed E-state index contributed by atoms with van der Waals surface area (Å²) in [6.07, 6.45) is 3.64. The molecule has 21 heavy (non-hydrogen) atoms. The summed E-state index contributed by atoms with van der Waals surface area (Å²) in [5, 5.41) is 4.22. The highest BCUT2D eigenvalue weighted by Crippen LogP contribution is 2.12. The van der Waals surface area contributed by atoms with Crippen LogP contribution in [0, 0.1) is 5.92 Å². The van der Waals surface area contributed by atoms with Crippen LogP contribution in [-0.4, -0.2) is 22.4 Å². The summed E-state index contributed by atoms with van der Waals surface area (Å²) >= 11 is 0. The summed E-state index contributed by atoms with van der Waals surface area (Å²) in [5.74, 6) is 0.229. The zero-order chi connectivity index (χ0) is 15.2. The molecule has 0 aliphatic heterocycles. The van der Waals surface area contributed by atoms with E-state index in [-0.39, 0.29) is 5.97 Å². The molecule has 5 heteroatoms. The topological polar surface area (TPSA) is 70.1 Å². The lowest BCUT2D eigenvalue weighted by Crippen LogP contribution is -2.08. The Morgan fingerprint density at radius 3 is 2.90 bits per heavy atom. The number of carbonyl (C=O) groups excluding carboxylic acids is 1.